The number of fused-ring (bicyclic) bond motifs is 1. The summed E-state index contributed by atoms with van der Waals surface area (Å²) in [6, 6.07) is 6.44. The molecule has 3 rings (SSSR count). The van der Waals surface area contributed by atoms with E-state index >= 15 is 0 Å². The van der Waals surface area contributed by atoms with E-state index in [2.05, 4.69) is 25.1 Å². The maximum atomic E-state index is 6.44. The molecule has 2 heteroatoms. The molecule has 0 radical (unpaired) electrons. The van der Waals surface area contributed by atoms with Gasteiger partial charge in [0.25, 0.3) is 0 Å². The molecule has 1 aliphatic carbocycles. The average Bonchev–Trinajstić information content (AvgIpc) is 2.96. The van der Waals surface area contributed by atoms with E-state index in [-0.39, 0.29) is 5.38 Å². The molecule has 16 heavy (non-hydrogen) atoms. The van der Waals surface area contributed by atoms with Crippen LogP contribution in [0.3, 0.4) is 0 Å². The predicted molar refractivity (Wildman–Crippen MR) is 66.2 cm³/mol. The van der Waals surface area contributed by atoms with E-state index in [1.807, 2.05) is 0 Å². The fourth-order valence-electron chi connectivity index (χ4n) is 2.42. The highest BCUT2D eigenvalue weighted by atomic mass is 35.5. The normalized spacial score (nSPS) is 25.0. The quantitative estimate of drug-likeness (QED) is 0.719. The Labute approximate surface area is 102 Å². The fourth-order valence-corrected chi connectivity index (χ4v) is 2.81. The lowest BCUT2D eigenvalue weighted by atomic mass is 10.0. The summed E-state index contributed by atoms with van der Waals surface area (Å²) in [5, 5.41) is 0.189. The smallest absolute Gasteiger partial charge is 0.123 e. The first-order valence-corrected chi connectivity index (χ1v) is 6.59. The van der Waals surface area contributed by atoms with Crippen LogP contribution in [0.1, 0.15) is 42.7 Å². The van der Waals surface area contributed by atoms with Crippen LogP contribution in [0.25, 0.3) is 0 Å². The summed E-state index contributed by atoms with van der Waals surface area (Å²) in [5.41, 5.74) is 2.59. The third-order valence-electron chi connectivity index (χ3n) is 3.52. The SMILES string of the molecule is CC1Cc2cc(C(Cl)CC3CC3)ccc2O1. The van der Waals surface area contributed by atoms with Crippen LogP contribution in [0, 0.1) is 5.92 Å². The molecule has 1 heterocycles. The highest BCUT2D eigenvalue weighted by Gasteiger charge is 2.26. The van der Waals surface area contributed by atoms with Crippen molar-refractivity contribution in [2.45, 2.75) is 44.1 Å². The van der Waals surface area contributed by atoms with Crippen LogP contribution in [0.5, 0.6) is 5.75 Å². The van der Waals surface area contributed by atoms with Crippen molar-refractivity contribution in [3.8, 4) is 5.75 Å². The van der Waals surface area contributed by atoms with Crippen LogP contribution in [0.15, 0.2) is 18.2 Å². The zero-order chi connectivity index (χ0) is 11.1. The second-order valence-electron chi connectivity index (χ2n) is 5.15. The Morgan fingerprint density at radius 1 is 1.44 bits per heavy atom. The Balaban J connectivity index is 1.78. The molecule has 2 atom stereocenters. The van der Waals surface area contributed by atoms with Crippen molar-refractivity contribution in [3.05, 3.63) is 29.3 Å². The van der Waals surface area contributed by atoms with Gasteiger partial charge in [-0.25, -0.2) is 0 Å². The molecule has 0 aromatic heterocycles. The molecule has 2 unspecified atom stereocenters. The minimum Gasteiger partial charge on any atom is -0.490 e. The van der Waals surface area contributed by atoms with Crippen LogP contribution in [0.4, 0.5) is 0 Å². The zero-order valence-electron chi connectivity index (χ0n) is 9.58. The van der Waals surface area contributed by atoms with Gasteiger partial charge in [-0.3, -0.25) is 0 Å². The van der Waals surface area contributed by atoms with Gasteiger partial charge in [-0.05, 0) is 36.5 Å². The number of hydrogen-bond acceptors (Lipinski definition) is 1. The van der Waals surface area contributed by atoms with Crippen molar-refractivity contribution < 1.29 is 4.74 Å². The van der Waals surface area contributed by atoms with Crippen LogP contribution >= 0.6 is 11.6 Å². The lowest BCUT2D eigenvalue weighted by Gasteiger charge is -2.10. The Morgan fingerprint density at radius 2 is 2.25 bits per heavy atom. The van der Waals surface area contributed by atoms with Crippen molar-refractivity contribution in [3.63, 3.8) is 0 Å². The van der Waals surface area contributed by atoms with Crippen molar-refractivity contribution in [2.24, 2.45) is 5.92 Å². The van der Waals surface area contributed by atoms with E-state index < -0.39 is 0 Å². The van der Waals surface area contributed by atoms with Crippen molar-refractivity contribution in [2.75, 3.05) is 0 Å². The molecule has 0 saturated heterocycles. The number of benzene rings is 1. The van der Waals surface area contributed by atoms with Gasteiger partial charge in [0.05, 0.1) is 5.38 Å². The largest absolute Gasteiger partial charge is 0.490 e. The molecule has 1 aromatic rings. The fraction of sp³-hybridized carbons (Fsp3) is 0.571. The molecule has 2 aliphatic rings. The third kappa shape index (κ3) is 2.06. The van der Waals surface area contributed by atoms with Crippen LogP contribution in [-0.4, -0.2) is 6.10 Å². The van der Waals surface area contributed by atoms with E-state index in [0.29, 0.717) is 6.10 Å². The molecule has 0 spiro atoms. The van der Waals surface area contributed by atoms with Crippen molar-refractivity contribution in [1.82, 2.24) is 0 Å². The summed E-state index contributed by atoms with van der Waals surface area (Å²) < 4.78 is 5.69. The summed E-state index contributed by atoms with van der Waals surface area (Å²) >= 11 is 6.44. The van der Waals surface area contributed by atoms with Crippen molar-refractivity contribution >= 4 is 11.6 Å². The number of ether oxygens (including phenoxy) is 1. The average molecular weight is 237 g/mol. The molecular formula is C14H17ClO. The van der Waals surface area contributed by atoms with E-state index in [4.69, 9.17) is 16.3 Å². The van der Waals surface area contributed by atoms with Gasteiger partial charge in [-0.15, -0.1) is 11.6 Å². The molecule has 1 aromatic carbocycles. The molecule has 1 nitrogen and oxygen atoms in total. The molecule has 1 fully saturated rings. The Morgan fingerprint density at radius 3 is 3.00 bits per heavy atom. The molecular weight excluding hydrogens is 220 g/mol. The minimum absolute atomic E-state index is 0.189. The van der Waals surface area contributed by atoms with Crippen LogP contribution < -0.4 is 4.74 Å². The van der Waals surface area contributed by atoms with Gasteiger partial charge in [-0.2, -0.15) is 0 Å². The van der Waals surface area contributed by atoms with E-state index in [1.54, 1.807) is 0 Å². The Hall–Kier alpha value is -0.690. The first-order chi connectivity index (χ1) is 7.72. The van der Waals surface area contributed by atoms with Gasteiger partial charge in [0.15, 0.2) is 0 Å². The number of alkyl halides is 1. The highest BCUT2D eigenvalue weighted by molar-refractivity contribution is 6.20. The van der Waals surface area contributed by atoms with Gasteiger partial charge in [0.1, 0.15) is 11.9 Å². The number of rotatable bonds is 3. The molecule has 1 aliphatic heterocycles. The summed E-state index contributed by atoms with van der Waals surface area (Å²) in [4.78, 5) is 0. The molecule has 1 saturated carbocycles. The van der Waals surface area contributed by atoms with Gasteiger partial charge in [0.2, 0.25) is 0 Å². The van der Waals surface area contributed by atoms with E-state index in [0.717, 1.165) is 24.5 Å². The second-order valence-corrected chi connectivity index (χ2v) is 5.67. The van der Waals surface area contributed by atoms with Gasteiger partial charge in [-0.1, -0.05) is 25.0 Å². The Bertz CT molecular complexity index is 398. The summed E-state index contributed by atoms with van der Waals surface area (Å²) in [7, 11) is 0. The molecule has 86 valence electrons. The first-order valence-electron chi connectivity index (χ1n) is 6.16. The Kier molecular flexibility index (Phi) is 2.59. The second kappa shape index (κ2) is 3.96. The maximum absolute atomic E-state index is 6.44. The molecule has 0 amide bonds. The first kappa shape index (κ1) is 10.5. The minimum atomic E-state index is 0.189. The zero-order valence-corrected chi connectivity index (χ0v) is 10.3. The van der Waals surface area contributed by atoms with Crippen LogP contribution in [-0.2, 0) is 6.42 Å². The number of hydrogen-bond donors (Lipinski definition) is 0. The maximum Gasteiger partial charge on any atom is 0.123 e. The number of halogens is 1. The summed E-state index contributed by atoms with van der Waals surface area (Å²) in [5.74, 6) is 1.93. The lowest BCUT2D eigenvalue weighted by Crippen LogP contribution is -2.05. The standard InChI is InChI=1S/C14H17ClO/c1-9-6-12-8-11(4-5-14(12)16-9)13(15)7-10-2-3-10/h4-5,8-10,13H,2-3,6-7H2,1H3. The van der Waals surface area contributed by atoms with Gasteiger partial charge < -0.3 is 4.74 Å². The monoisotopic (exact) mass is 236 g/mol. The summed E-state index contributed by atoms with van der Waals surface area (Å²) in [6.07, 6.45) is 5.22. The van der Waals surface area contributed by atoms with Crippen molar-refractivity contribution in [1.29, 1.82) is 0 Å². The topological polar surface area (TPSA) is 9.23 Å². The highest BCUT2D eigenvalue weighted by Crippen LogP contribution is 2.41. The lowest BCUT2D eigenvalue weighted by molar-refractivity contribution is 0.254. The molecule has 0 bridgehead atoms. The van der Waals surface area contributed by atoms with E-state index in [9.17, 15) is 0 Å². The third-order valence-corrected chi connectivity index (χ3v) is 3.95. The summed E-state index contributed by atoms with van der Waals surface area (Å²) in [6.45, 7) is 2.11. The van der Waals surface area contributed by atoms with Gasteiger partial charge in [0, 0.05) is 6.42 Å². The molecule has 0 N–H and O–H groups in total. The predicted octanol–water partition coefficient (Wildman–Crippen LogP) is 4.09. The van der Waals surface area contributed by atoms with Crippen LogP contribution in [0.2, 0.25) is 0 Å². The van der Waals surface area contributed by atoms with Gasteiger partial charge >= 0.3 is 0 Å². The van der Waals surface area contributed by atoms with E-state index in [1.165, 1.54) is 24.0 Å².